The molecule has 25 heavy (non-hydrogen) atoms. The first-order chi connectivity index (χ1) is 12.1. The first-order valence-corrected chi connectivity index (χ1v) is 8.94. The Morgan fingerprint density at radius 3 is 1.44 bits per heavy atom. The highest BCUT2D eigenvalue weighted by molar-refractivity contribution is 5.51. The van der Waals surface area contributed by atoms with Crippen LogP contribution in [0.25, 0.3) is 0 Å². The summed E-state index contributed by atoms with van der Waals surface area (Å²) in [6, 6.07) is 18.0. The van der Waals surface area contributed by atoms with Crippen molar-refractivity contribution in [2.24, 2.45) is 5.92 Å². The molecule has 1 aliphatic carbocycles. The molecule has 0 bridgehead atoms. The molecule has 0 fully saturated rings. The average molecular weight is 332 g/mol. The minimum atomic E-state index is 0.347. The van der Waals surface area contributed by atoms with Crippen molar-refractivity contribution in [2.45, 2.75) is 12.3 Å². The molecule has 0 amide bonds. The molecular weight excluding hydrogens is 304 g/mol. The summed E-state index contributed by atoms with van der Waals surface area (Å²) in [7, 11) is 8.33. The van der Waals surface area contributed by atoms with Crippen molar-refractivity contribution < 1.29 is 0 Å². The van der Waals surface area contributed by atoms with Crippen LogP contribution in [0, 0.1) is 5.92 Å². The summed E-state index contributed by atoms with van der Waals surface area (Å²) in [5.74, 6) is 0.754. The second-order valence-corrected chi connectivity index (χ2v) is 7.12. The largest absolute Gasteiger partial charge is 0.378 e. The number of anilines is 2. The predicted octanol–water partition coefficient (Wildman–Crippen LogP) is 5.08. The van der Waals surface area contributed by atoms with E-state index in [0.717, 1.165) is 6.42 Å². The van der Waals surface area contributed by atoms with Gasteiger partial charge < -0.3 is 9.80 Å². The standard InChI is InChI=1S/C23H28N2/c1-24(2)21-14-10-19(11-15-21)23(18-8-6-5-7-9-18)20-12-16-22(17-13-20)25(3)4/h6-18,23H,5H2,1-4H3. The Kier molecular flexibility index (Phi) is 5.28. The highest BCUT2D eigenvalue weighted by Crippen LogP contribution is 2.36. The van der Waals surface area contributed by atoms with Crippen molar-refractivity contribution in [3.8, 4) is 0 Å². The molecule has 0 aromatic heterocycles. The highest BCUT2D eigenvalue weighted by Gasteiger charge is 2.22. The third-order valence-corrected chi connectivity index (χ3v) is 4.91. The molecule has 0 heterocycles. The van der Waals surface area contributed by atoms with Crippen LogP contribution in [0.3, 0.4) is 0 Å². The zero-order valence-electron chi connectivity index (χ0n) is 15.7. The van der Waals surface area contributed by atoms with E-state index in [1.165, 1.54) is 22.5 Å². The van der Waals surface area contributed by atoms with E-state index < -0.39 is 0 Å². The van der Waals surface area contributed by atoms with Crippen LogP contribution < -0.4 is 9.80 Å². The summed E-state index contributed by atoms with van der Waals surface area (Å²) in [6.45, 7) is 0. The molecule has 0 saturated carbocycles. The summed E-state index contributed by atoms with van der Waals surface area (Å²) in [5, 5.41) is 0. The third-order valence-electron chi connectivity index (χ3n) is 4.91. The molecule has 0 aliphatic heterocycles. The first kappa shape index (κ1) is 17.3. The molecule has 0 atom stereocenters. The van der Waals surface area contributed by atoms with Gasteiger partial charge in [0.2, 0.25) is 0 Å². The number of benzene rings is 2. The maximum absolute atomic E-state index is 2.35. The topological polar surface area (TPSA) is 6.48 Å². The summed E-state index contributed by atoms with van der Waals surface area (Å²) >= 11 is 0. The van der Waals surface area contributed by atoms with Crippen LogP contribution in [0.5, 0.6) is 0 Å². The SMILES string of the molecule is CN(C)c1ccc(C(c2ccc(N(C)C)cc2)C2C=CCC=C2)cc1. The van der Waals surface area contributed by atoms with E-state index in [2.05, 4.69) is 111 Å². The Morgan fingerprint density at radius 1 is 0.680 bits per heavy atom. The summed E-state index contributed by atoms with van der Waals surface area (Å²) < 4.78 is 0. The fourth-order valence-corrected chi connectivity index (χ4v) is 3.43. The summed E-state index contributed by atoms with van der Waals surface area (Å²) in [5.41, 5.74) is 5.20. The van der Waals surface area contributed by atoms with Gasteiger partial charge in [0.15, 0.2) is 0 Å². The van der Waals surface area contributed by atoms with Crippen LogP contribution >= 0.6 is 0 Å². The Hall–Kier alpha value is -2.48. The van der Waals surface area contributed by atoms with Crippen molar-refractivity contribution in [3.05, 3.63) is 84.0 Å². The van der Waals surface area contributed by atoms with E-state index in [1.807, 2.05) is 0 Å². The van der Waals surface area contributed by atoms with Gasteiger partial charge in [0, 0.05) is 51.4 Å². The van der Waals surface area contributed by atoms with Crippen molar-refractivity contribution in [2.75, 3.05) is 38.0 Å². The van der Waals surface area contributed by atoms with Crippen LogP contribution in [-0.4, -0.2) is 28.2 Å². The minimum absolute atomic E-state index is 0.347. The summed E-state index contributed by atoms with van der Waals surface area (Å²) in [6.07, 6.45) is 10.3. The molecular formula is C23H28N2. The van der Waals surface area contributed by atoms with E-state index >= 15 is 0 Å². The molecule has 1 aliphatic rings. The van der Waals surface area contributed by atoms with Crippen molar-refractivity contribution >= 4 is 11.4 Å². The third kappa shape index (κ3) is 3.96. The average Bonchev–Trinajstić information content (AvgIpc) is 2.64. The van der Waals surface area contributed by atoms with E-state index in [1.54, 1.807) is 0 Å². The van der Waals surface area contributed by atoms with Gasteiger partial charge in [-0.15, -0.1) is 0 Å². The van der Waals surface area contributed by atoms with Crippen LogP contribution in [0.1, 0.15) is 23.5 Å². The Balaban J connectivity index is 1.98. The Labute approximate surface area is 152 Å². The van der Waals surface area contributed by atoms with Gasteiger partial charge in [0.25, 0.3) is 0 Å². The van der Waals surface area contributed by atoms with Gasteiger partial charge in [-0.1, -0.05) is 48.6 Å². The van der Waals surface area contributed by atoms with Gasteiger partial charge in [0.1, 0.15) is 0 Å². The molecule has 0 spiro atoms. The van der Waals surface area contributed by atoms with Gasteiger partial charge in [-0.05, 0) is 41.8 Å². The van der Waals surface area contributed by atoms with Gasteiger partial charge >= 0.3 is 0 Å². The molecule has 2 aromatic rings. The number of nitrogens with zero attached hydrogens (tertiary/aromatic N) is 2. The zero-order chi connectivity index (χ0) is 17.8. The van der Waals surface area contributed by atoms with E-state index in [-0.39, 0.29) is 0 Å². The van der Waals surface area contributed by atoms with Gasteiger partial charge in [-0.3, -0.25) is 0 Å². The van der Waals surface area contributed by atoms with Crippen LogP contribution in [0.4, 0.5) is 11.4 Å². The second kappa shape index (κ2) is 7.60. The van der Waals surface area contributed by atoms with Crippen LogP contribution in [-0.2, 0) is 0 Å². The van der Waals surface area contributed by atoms with E-state index in [9.17, 15) is 0 Å². The van der Waals surface area contributed by atoms with Gasteiger partial charge in [-0.2, -0.15) is 0 Å². The van der Waals surface area contributed by atoms with Crippen molar-refractivity contribution in [1.29, 1.82) is 0 Å². The molecule has 0 unspecified atom stereocenters. The van der Waals surface area contributed by atoms with E-state index in [4.69, 9.17) is 0 Å². The normalized spacial score (nSPS) is 14.1. The number of hydrogen-bond acceptors (Lipinski definition) is 2. The highest BCUT2D eigenvalue weighted by atomic mass is 15.1. The molecule has 2 aromatic carbocycles. The molecule has 3 rings (SSSR count). The Morgan fingerprint density at radius 2 is 1.08 bits per heavy atom. The minimum Gasteiger partial charge on any atom is -0.378 e. The molecule has 2 heteroatoms. The lowest BCUT2D eigenvalue weighted by Crippen LogP contribution is -2.14. The Bertz CT molecular complexity index is 673. The van der Waals surface area contributed by atoms with Crippen LogP contribution in [0.2, 0.25) is 0 Å². The lowest BCUT2D eigenvalue weighted by molar-refractivity contribution is 0.676. The fraction of sp³-hybridized carbons (Fsp3) is 0.304. The molecule has 2 nitrogen and oxygen atoms in total. The molecule has 0 saturated heterocycles. The smallest absolute Gasteiger partial charge is 0.0361 e. The fourth-order valence-electron chi connectivity index (χ4n) is 3.43. The number of allylic oxidation sites excluding steroid dienone is 4. The van der Waals surface area contributed by atoms with Crippen LogP contribution in [0.15, 0.2) is 72.8 Å². The van der Waals surface area contributed by atoms with Crippen molar-refractivity contribution in [1.82, 2.24) is 0 Å². The zero-order valence-corrected chi connectivity index (χ0v) is 15.7. The second-order valence-electron chi connectivity index (χ2n) is 7.12. The predicted molar refractivity (Wildman–Crippen MR) is 110 cm³/mol. The summed E-state index contributed by atoms with van der Waals surface area (Å²) in [4.78, 5) is 4.29. The van der Waals surface area contributed by atoms with E-state index in [0.29, 0.717) is 11.8 Å². The van der Waals surface area contributed by atoms with Gasteiger partial charge in [-0.25, -0.2) is 0 Å². The number of rotatable bonds is 5. The number of hydrogen-bond donors (Lipinski definition) is 0. The maximum Gasteiger partial charge on any atom is 0.0361 e. The van der Waals surface area contributed by atoms with Gasteiger partial charge in [0.05, 0.1) is 0 Å². The monoisotopic (exact) mass is 332 g/mol. The molecule has 130 valence electrons. The molecule has 0 radical (unpaired) electrons. The lowest BCUT2D eigenvalue weighted by atomic mass is 9.79. The van der Waals surface area contributed by atoms with Crippen molar-refractivity contribution in [3.63, 3.8) is 0 Å². The maximum atomic E-state index is 2.35. The molecule has 0 N–H and O–H groups in total. The first-order valence-electron chi connectivity index (χ1n) is 8.94. The quantitative estimate of drug-likeness (QED) is 0.704. The lowest BCUT2D eigenvalue weighted by Gasteiger charge is -2.26.